The van der Waals surface area contributed by atoms with Gasteiger partial charge in [0.25, 0.3) is 0 Å². The summed E-state index contributed by atoms with van der Waals surface area (Å²) < 4.78 is 16.0. The first-order chi connectivity index (χ1) is 11.2. The summed E-state index contributed by atoms with van der Waals surface area (Å²) in [5.41, 5.74) is -1.05. The molecule has 0 aromatic heterocycles. The molecule has 3 rings (SSSR count). The molecule has 0 amide bonds. The highest BCUT2D eigenvalue weighted by molar-refractivity contribution is 5.06. The van der Waals surface area contributed by atoms with E-state index in [2.05, 4.69) is 0 Å². The van der Waals surface area contributed by atoms with E-state index in [9.17, 15) is 30.6 Å². The van der Waals surface area contributed by atoms with Crippen molar-refractivity contribution in [2.75, 3.05) is 6.61 Å². The Morgan fingerprint density at radius 1 is 1.17 bits per heavy atom. The molecular formula is C15H24O9. The molecule has 6 N–H and O–H groups in total. The Labute approximate surface area is 138 Å². The van der Waals surface area contributed by atoms with Crippen molar-refractivity contribution in [1.82, 2.24) is 0 Å². The Kier molecular flexibility index (Phi) is 4.65. The predicted molar refractivity (Wildman–Crippen MR) is 76.9 cm³/mol. The number of ether oxygens (including phenoxy) is 3. The summed E-state index contributed by atoms with van der Waals surface area (Å²) in [6, 6.07) is 0. The van der Waals surface area contributed by atoms with Crippen molar-refractivity contribution in [2.45, 2.75) is 62.0 Å². The molecule has 0 aromatic rings. The van der Waals surface area contributed by atoms with Crippen LogP contribution in [0.5, 0.6) is 0 Å². The Balaban J connectivity index is 1.78. The van der Waals surface area contributed by atoms with Crippen LogP contribution >= 0.6 is 0 Å². The van der Waals surface area contributed by atoms with Crippen LogP contribution in [0.25, 0.3) is 0 Å². The molecule has 0 aromatic carbocycles. The molecule has 2 fully saturated rings. The second-order valence-corrected chi connectivity index (χ2v) is 6.97. The van der Waals surface area contributed by atoms with E-state index in [0.717, 1.165) is 6.42 Å². The lowest BCUT2D eigenvalue weighted by atomic mass is 9.85. The Bertz CT molecular complexity index is 495. The second kappa shape index (κ2) is 6.19. The van der Waals surface area contributed by atoms with Crippen LogP contribution in [0.4, 0.5) is 0 Å². The molecule has 1 saturated carbocycles. The number of allylic oxidation sites excluding steroid dienone is 1. The molecule has 0 spiro atoms. The van der Waals surface area contributed by atoms with Gasteiger partial charge in [0.15, 0.2) is 6.29 Å². The molecular weight excluding hydrogens is 324 g/mol. The van der Waals surface area contributed by atoms with E-state index >= 15 is 0 Å². The minimum absolute atomic E-state index is 0.0201. The summed E-state index contributed by atoms with van der Waals surface area (Å²) in [5.74, 6) is -2.89. The zero-order valence-corrected chi connectivity index (χ0v) is 13.2. The molecule has 1 unspecified atom stereocenters. The maximum atomic E-state index is 10.5. The van der Waals surface area contributed by atoms with Crippen LogP contribution in [-0.4, -0.2) is 79.5 Å². The van der Waals surface area contributed by atoms with Gasteiger partial charge >= 0.3 is 0 Å². The smallest absolute Gasteiger partial charge is 0.221 e. The van der Waals surface area contributed by atoms with Crippen LogP contribution in [0.2, 0.25) is 0 Å². The van der Waals surface area contributed by atoms with E-state index in [1.807, 2.05) is 6.08 Å². The molecule has 1 aliphatic carbocycles. The highest BCUT2D eigenvalue weighted by atomic mass is 16.8. The van der Waals surface area contributed by atoms with Gasteiger partial charge in [0, 0.05) is 0 Å². The molecule has 0 bridgehead atoms. The molecule has 2 aliphatic heterocycles. The molecule has 9 nitrogen and oxygen atoms in total. The quantitative estimate of drug-likeness (QED) is 0.333. The normalized spacial score (nSPS) is 54.4. The van der Waals surface area contributed by atoms with Crippen LogP contribution in [0.15, 0.2) is 12.3 Å². The summed E-state index contributed by atoms with van der Waals surface area (Å²) >= 11 is 0. The number of aliphatic hydroxyl groups is 6. The third kappa shape index (κ3) is 2.85. The van der Waals surface area contributed by atoms with E-state index in [1.54, 1.807) is 6.92 Å². The fourth-order valence-electron chi connectivity index (χ4n) is 3.73. The standard InChI is InChI=1S/C15H24O9/c1-14(20)4-2-7-3-5-22-12(8(7)14)23-13-10(18)9(17)11(19)15(21,6-16)24-13/h3,5,7-13,16-21H,2,4,6H2,1H3/t7-,8-,9+,10+,11-,12?,13-,14-,15-/m0/s1. The first-order valence-corrected chi connectivity index (χ1v) is 7.95. The van der Waals surface area contributed by atoms with E-state index in [-0.39, 0.29) is 5.92 Å². The minimum Gasteiger partial charge on any atom is -0.472 e. The van der Waals surface area contributed by atoms with Gasteiger partial charge in [-0.25, -0.2) is 0 Å². The number of aliphatic hydroxyl groups excluding tert-OH is 4. The van der Waals surface area contributed by atoms with Gasteiger partial charge in [0.05, 0.1) is 24.4 Å². The summed E-state index contributed by atoms with van der Waals surface area (Å²) in [6.45, 7) is 0.657. The van der Waals surface area contributed by atoms with Crippen molar-refractivity contribution in [3.05, 3.63) is 12.3 Å². The lowest BCUT2D eigenvalue weighted by molar-refractivity contribution is -0.417. The largest absolute Gasteiger partial charge is 0.472 e. The molecule has 9 atom stereocenters. The fourth-order valence-corrected chi connectivity index (χ4v) is 3.73. The van der Waals surface area contributed by atoms with E-state index in [1.165, 1.54) is 6.26 Å². The third-order valence-corrected chi connectivity index (χ3v) is 5.22. The van der Waals surface area contributed by atoms with Crippen molar-refractivity contribution in [3.8, 4) is 0 Å². The van der Waals surface area contributed by atoms with Gasteiger partial charge in [-0.15, -0.1) is 0 Å². The van der Waals surface area contributed by atoms with E-state index < -0.39 is 54.8 Å². The first kappa shape index (κ1) is 18.0. The third-order valence-electron chi connectivity index (χ3n) is 5.22. The van der Waals surface area contributed by atoms with Gasteiger partial charge in [-0.3, -0.25) is 0 Å². The lowest BCUT2D eigenvalue weighted by Gasteiger charge is -2.46. The average Bonchev–Trinajstić information content (AvgIpc) is 2.87. The van der Waals surface area contributed by atoms with Gasteiger partial charge in [0.1, 0.15) is 18.3 Å². The zero-order chi connectivity index (χ0) is 17.7. The molecule has 2 heterocycles. The van der Waals surface area contributed by atoms with E-state index in [4.69, 9.17) is 14.2 Å². The number of fused-ring (bicyclic) bond motifs is 1. The van der Waals surface area contributed by atoms with Gasteiger partial charge in [-0.05, 0) is 31.8 Å². The average molecular weight is 348 g/mol. The van der Waals surface area contributed by atoms with Crippen molar-refractivity contribution < 1.29 is 44.8 Å². The molecule has 0 radical (unpaired) electrons. The number of hydrogen-bond donors (Lipinski definition) is 6. The maximum absolute atomic E-state index is 10.5. The molecule has 24 heavy (non-hydrogen) atoms. The van der Waals surface area contributed by atoms with Crippen LogP contribution in [0.3, 0.4) is 0 Å². The Morgan fingerprint density at radius 2 is 1.88 bits per heavy atom. The van der Waals surface area contributed by atoms with Crippen molar-refractivity contribution in [3.63, 3.8) is 0 Å². The fraction of sp³-hybridized carbons (Fsp3) is 0.867. The molecule has 3 aliphatic rings. The van der Waals surface area contributed by atoms with Gasteiger partial charge in [-0.1, -0.05) is 0 Å². The van der Waals surface area contributed by atoms with Crippen molar-refractivity contribution in [1.29, 1.82) is 0 Å². The van der Waals surface area contributed by atoms with Crippen molar-refractivity contribution >= 4 is 0 Å². The summed E-state index contributed by atoms with van der Waals surface area (Å²) in [4.78, 5) is 0. The lowest BCUT2D eigenvalue weighted by Crippen LogP contribution is -2.67. The van der Waals surface area contributed by atoms with Crippen LogP contribution in [-0.2, 0) is 14.2 Å². The zero-order valence-electron chi connectivity index (χ0n) is 13.2. The Hall–Kier alpha value is -0.780. The van der Waals surface area contributed by atoms with Gasteiger partial charge in [-0.2, -0.15) is 0 Å². The topological polar surface area (TPSA) is 149 Å². The van der Waals surface area contributed by atoms with E-state index in [0.29, 0.717) is 6.42 Å². The van der Waals surface area contributed by atoms with Gasteiger partial charge in [0.2, 0.25) is 12.1 Å². The summed E-state index contributed by atoms with van der Waals surface area (Å²) in [7, 11) is 0. The van der Waals surface area contributed by atoms with Crippen LogP contribution in [0, 0.1) is 11.8 Å². The Morgan fingerprint density at radius 3 is 2.54 bits per heavy atom. The number of hydrogen-bond acceptors (Lipinski definition) is 9. The van der Waals surface area contributed by atoms with Crippen molar-refractivity contribution in [2.24, 2.45) is 11.8 Å². The molecule has 9 heteroatoms. The second-order valence-electron chi connectivity index (χ2n) is 6.97. The first-order valence-electron chi connectivity index (χ1n) is 7.95. The molecule has 1 saturated heterocycles. The monoisotopic (exact) mass is 348 g/mol. The van der Waals surface area contributed by atoms with Gasteiger partial charge < -0.3 is 44.8 Å². The number of rotatable bonds is 3. The SMILES string of the molecule is C[C@]1(O)CC[C@H]2C=COC(O[C@H]3O[C@@](O)(CO)[C@@H](O)[C@H](O)[C@H]3O)[C@H]21. The molecule has 138 valence electrons. The highest BCUT2D eigenvalue weighted by Crippen LogP contribution is 2.46. The van der Waals surface area contributed by atoms with Crippen LogP contribution < -0.4 is 0 Å². The predicted octanol–water partition coefficient (Wildman–Crippen LogP) is -2.23. The highest BCUT2D eigenvalue weighted by Gasteiger charge is 2.56. The summed E-state index contributed by atoms with van der Waals surface area (Å²) in [5, 5.41) is 59.4. The minimum atomic E-state index is -2.48. The summed E-state index contributed by atoms with van der Waals surface area (Å²) in [6.07, 6.45) is -3.37. The maximum Gasteiger partial charge on any atom is 0.221 e. The van der Waals surface area contributed by atoms with Crippen LogP contribution in [0.1, 0.15) is 19.8 Å².